The molecule has 0 atom stereocenters. The summed E-state index contributed by atoms with van der Waals surface area (Å²) in [6.07, 6.45) is 5.90. The minimum Gasteiger partial charge on any atom is -0.361 e. The highest BCUT2D eigenvalue weighted by Crippen LogP contribution is 2.18. The minimum absolute atomic E-state index is 0. The molecule has 0 unspecified atom stereocenters. The molecule has 0 aliphatic rings. The Balaban J connectivity index is 0.00000280. The lowest BCUT2D eigenvalue weighted by molar-refractivity contribution is 0.380. The molecule has 0 spiro atoms. The summed E-state index contributed by atoms with van der Waals surface area (Å²) in [5.74, 6) is 1.76. The third-order valence-corrected chi connectivity index (χ3v) is 4.85. The van der Waals surface area contributed by atoms with Crippen molar-refractivity contribution in [2.45, 2.75) is 46.1 Å². The zero-order valence-corrected chi connectivity index (χ0v) is 19.2. The number of hydrogen-bond donors (Lipinski definition) is 3. The topological polar surface area (TPSA) is 78.2 Å². The summed E-state index contributed by atoms with van der Waals surface area (Å²) < 4.78 is 5.42. The van der Waals surface area contributed by atoms with E-state index in [1.807, 2.05) is 0 Å². The summed E-state index contributed by atoms with van der Waals surface area (Å²) in [6.45, 7) is 5.72. The van der Waals surface area contributed by atoms with E-state index in [0.29, 0.717) is 6.54 Å². The van der Waals surface area contributed by atoms with E-state index in [1.165, 1.54) is 16.5 Å². The number of para-hydroxylation sites is 1. The van der Waals surface area contributed by atoms with Gasteiger partial charge in [0.25, 0.3) is 0 Å². The number of benzene rings is 1. The zero-order valence-electron chi connectivity index (χ0n) is 16.8. The number of nitrogens with one attached hydrogen (secondary N) is 3. The average Bonchev–Trinajstić information content (AvgIpc) is 3.30. The number of aromatic amines is 1. The van der Waals surface area contributed by atoms with Crippen molar-refractivity contribution in [3.05, 3.63) is 53.0 Å². The molecule has 152 valence electrons. The first-order chi connectivity index (χ1) is 13.3. The third-order valence-electron chi connectivity index (χ3n) is 4.85. The fraction of sp³-hybridized carbons (Fsp3) is 0.429. The average molecular weight is 495 g/mol. The van der Waals surface area contributed by atoms with Gasteiger partial charge in [0.05, 0.1) is 5.69 Å². The van der Waals surface area contributed by atoms with E-state index in [2.05, 4.69) is 70.1 Å². The van der Waals surface area contributed by atoms with E-state index in [-0.39, 0.29) is 24.0 Å². The molecule has 0 fully saturated rings. The van der Waals surface area contributed by atoms with Crippen LogP contribution < -0.4 is 10.6 Å². The molecule has 0 bridgehead atoms. The van der Waals surface area contributed by atoms with Crippen LogP contribution in [-0.2, 0) is 25.8 Å². The van der Waals surface area contributed by atoms with E-state index < -0.39 is 0 Å². The van der Waals surface area contributed by atoms with Crippen molar-refractivity contribution in [2.24, 2.45) is 4.99 Å². The van der Waals surface area contributed by atoms with Gasteiger partial charge in [-0.1, -0.05) is 37.2 Å². The lowest BCUT2D eigenvalue weighted by Gasteiger charge is -2.12. The summed E-state index contributed by atoms with van der Waals surface area (Å²) >= 11 is 0. The lowest BCUT2D eigenvalue weighted by Crippen LogP contribution is -2.37. The van der Waals surface area contributed by atoms with Crippen LogP contribution in [0.4, 0.5) is 0 Å². The number of fused-ring (bicyclic) bond motifs is 1. The number of nitrogens with zero attached hydrogens (tertiary/aromatic N) is 2. The lowest BCUT2D eigenvalue weighted by atomic mass is 10.1. The molecule has 2 aromatic heterocycles. The standard InChI is InChI=1S/C21H29N5O.HI/c1-4-18-17(20(5-2)27-26-18)14-25-21(22-3)23-12-8-9-15-13-24-19-11-7-6-10-16(15)19;/h6-7,10-11,13,24H,4-5,8-9,12,14H2,1-3H3,(H2,22,23,25);1H. The van der Waals surface area contributed by atoms with Crippen molar-refractivity contribution in [1.82, 2.24) is 20.8 Å². The quantitative estimate of drug-likeness (QED) is 0.190. The van der Waals surface area contributed by atoms with Gasteiger partial charge in [0.15, 0.2) is 5.96 Å². The Kier molecular flexibility index (Phi) is 8.82. The van der Waals surface area contributed by atoms with Gasteiger partial charge in [0.2, 0.25) is 0 Å². The minimum atomic E-state index is 0. The van der Waals surface area contributed by atoms with E-state index in [1.54, 1.807) is 7.05 Å². The summed E-state index contributed by atoms with van der Waals surface area (Å²) in [5.41, 5.74) is 4.74. The van der Waals surface area contributed by atoms with Crippen molar-refractivity contribution in [1.29, 1.82) is 0 Å². The smallest absolute Gasteiger partial charge is 0.191 e. The second kappa shape index (κ2) is 11.1. The molecule has 0 saturated heterocycles. The third kappa shape index (κ3) is 5.27. The van der Waals surface area contributed by atoms with Gasteiger partial charge in [0, 0.05) is 49.2 Å². The molecule has 1 aromatic carbocycles. The Labute approximate surface area is 183 Å². The van der Waals surface area contributed by atoms with Gasteiger partial charge in [-0.05, 0) is 30.9 Å². The molecule has 0 radical (unpaired) electrons. The Bertz CT molecular complexity index is 878. The van der Waals surface area contributed by atoms with Crippen LogP contribution in [0.5, 0.6) is 0 Å². The SMILES string of the molecule is CCc1noc(CC)c1CNC(=NC)NCCCc1c[nH]c2ccccc12.I. The molecule has 0 amide bonds. The molecule has 0 aliphatic carbocycles. The molecule has 28 heavy (non-hydrogen) atoms. The Hall–Kier alpha value is -2.03. The van der Waals surface area contributed by atoms with Crippen LogP contribution in [0, 0.1) is 0 Å². The predicted molar refractivity (Wildman–Crippen MR) is 125 cm³/mol. The fourth-order valence-corrected chi connectivity index (χ4v) is 3.35. The maximum absolute atomic E-state index is 5.42. The Morgan fingerprint density at radius 1 is 1.18 bits per heavy atom. The van der Waals surface area contributed by atoms with Crippen LogP contribution in [0.15, 0.2) is 40.0 Å². The molecular formula is C21H30IN5O. The number of rotatable bonds is 8. The number of halogens is 1. The van der Waals surface area contributed by atoms with Crippen molar-refractivity contribution >= 4 is 40.8 Å². The van der Waals surface area contributed by atoms with Gasteiger partial charge >= 0.3 is 0 Å². The van der Waals surface area contributed by atoms with Gasteiger partial charge in [0.1, 0.15) is 5.76 Å². The van der Waals surface area contributed by atoms with E-state index >= 15 is 0 Å². The maximum Gasteiger partial charge on any atom is 0.191 e. The first-order valence-electron chi connectivity index (χ1n) is 9.72. The molecule has 3 N–H and O–H groups in total. The summed E-state index contributed by atoms with van der Waals surface area (Å²) in [4.78, 5) is 7.66. The monoisotopic (exact) mass is 495 g/mol. The zero-order chi connectivity index (χ0) is 19.1. The molecule has 2 heterocycles. The molecule has 6 nitrogen and oxygen atoms in total. The number of hydrogen-bond acceptors (Lipinski definition) is 3. The van der Waals surface area contributed by atoms with Crippen molar-refractivity contribution in [3.63, 3.8) is 0 Å². The summed E-state index contributed by atoms with van der Waals surface area (Å²) in [6, 6.07) is 8.43. The van der Waals surface area contributed by atoms with Gasteiger partial charge < -0.3 is 20.1 Å². The van der Waals surface area contributed by atoms with Gasteiger partial charge in [-0.15, -0.1) is 24.0 Å². The maximum atomic E-state index is 5.42. The van der Waals surface area contributed by atoms with Crippen LogP contribution in [0.25, 0.3) is 10.9 Å². The molecule has 7 heteroatoms. The Morgan fingerprint density at radius 2 is 2.00 bits per heavy atom. The number of aromatic nitrogens is 2. The van der Waals surface area contributed by atoms with Crippen LogP contribution in [0.3, 0.4) is 0 Å². The fourth-order valence-electron chi connectivity index (χ4n) is 3.35. The van der Waals surface area contributed by atoms with Crippen molar-refractivity contribution in [2.75, 3.05) is 13.6 Å². The van der Waals surface area contributed by atoms with Gasteiger partial charge in [-0.25, -0.2) is 0 Å². The van der Waals surface area contributed by atoms with Crippen LogP contribution in [0.2, 0.25) is 0 Å². The predicted octanol–water partition coefficient (Wildman–Crippen LogP) is 4.20. The van der Waals surface area contributed by atoms with Crippen LogP contribution >= 0.6 is 24.0 Å². The normalized spacial score (nSPS) is 11.5. The van der Waals surface area contributed by atoms with Gasteiger partial charge in [-0.2, -0.15) is 0 Å². The van der Waals surface area contributed by atoms with E-state index in [4.69, 9.17) is 4.52 Å². The van der Waals surface area contributed by atoms with E-state index in [0.717, 1.165) is 55.2 Å². The number of aliphatic imine (C=N–C) groups is 1. The number of H-pyrrole nitrogens is 1. The highest BCUT2D eigenvalue weighted by atomic mass is 127. The first-order valence-corrected chi connectivity index (χ1v) is 9.72. The number of aryl methyl sites for hydroxylation is 3. The largest absolute Gasteiger partial charge is 0.361 e. The first kappa shape index (κ1) is 22.3. The van der Waals surface area contributed by atoms with Crippen LogP contribution in [-0.4, -0.2) is 29.7 Å². The van der Waals surface area contributed by atoms with Crippen molar-refractivity contribution < 1.29 is 4.52 Å². The van der Waals surface area contributed by atoms with Gasteiger partial charge in [-0.3, -0.25) is 4.99 Å². The molecule has 3 rings (SSSR count). The van der Waals surface area contributed by atoms with Crippen molar-refractivity contribution in [3.8, 4) is 0 Å². The molecule has 0 aliphatic heterocycles. The Morgan fingerprint density at radius 3 is 2.75 bits per heavy atom. The molecular weight excluding hydrogens is 465 g/mol. The highest BCUT2D eigenvalue weighted by molar-refractivity contribution is 14.0. The summed E-state index contributed by atoms with van der Waals surface area (Å²) in [5, 5.41) is 12.2. The second-order valence-electron chi connectivity index (χ2n) is 6.55. The second-order valence-corrected chi connectivity index (χ2v) is 6.55. The number of guanidine groups is 1. The molecule has 3 aromatic rings. The highest BCUT2D eigenvalue weighted by Gasteiger charge is 2.13. The van der Waals surface area contributed by atoms with Crippen LogP contribution in [0.1, 0.15) is 42.8 Å². The van der Waals surface area contributed by atoms with E-state index in [9.17, 15) is 0 Å². The molecule has 0 saturated carbocycles. The summed E-state index contributed by atoms with van der Waals surface area (Å²) in [7, 11) is 1.80.